The van der Waals surface area contributed by atoms with Crippen molar-refractivity contribution in [3.63, 3.8) is 0 Å². The number of rotatable bonds is 5. The fourth-order valence-corrected chi connectivity index (χ4v) is 2.31. The van der Waals surface area contributed by atoms with Crippen LogP contribution >= 0.6 is 15.9 Å². The highest BCUT2D eigenvalue weighted by Crippen LogP contribution is 2.10. The Balaban J connectivity index is 1.64. The lowest BCUT2D eigenvalue weighted by atomic mass is 10.1. The summed E-state index contributed by atoms with van der Waals surface area (Å²) in [7, 11) is 0. The molecule has 1 fully saturated rings. The van der Waals surface area contributed by atoms with Crippen LogP contribution in [0.4, 0.5) is 0 Å². The summed E-state index contributed by atoms with van der Waals surface area (Å²) in [6.07, 6.45) is 1.34. The maximum Gasteiger partial charge on any atom is 0.221 e. The number of carbonyl (C=O) groups is 1. The predicted molar refractivity (Wildman–Crippen MR) is 78.1 cm³/mol. The van der Waals surface area contributed by atoms with E-state index >= 15 is 0 Å². The van der Waals surface area contributed by atoms with Crippen LogP contribution < -0.4 is 10.6 Å². The van der Waals surface area contributed by atoms with Crippen molar-refractivity contribution in [1.29, 1.82) is 0 Å². The Bertz CT molecular complexity index is 402. The molecule has 2 N–H and O–H groups in total. The second-order valence-electron chi connectivity index (χ2n) is 4.66. The number of hydrogen-bond donors (Lipinski definition) is 2. The number of benzene rings is 1. The SMILES string of the molecule is O=C(CC1COCCN1)NCCc1ccc(Br)cc1. The van der Waals surface area contributed by atoms with Gasteiger partial charge in [0.25, 0.3) is 0 Å². The van der Waals surface area contributed by atoms with Crippen LogP contribution in [0.3, 0.4) is 0 Å². The van der Waals surface area contributed by atoms with Crippen LogP contribution in [0, 0.1) is 0 Å². The molecule has 1 aliphatic rings. The Morgan fingerprint density at radius 2 is 2.21 bits per heavy atom. The first kappa shape index (κ1) is 14.5. The maximum absolute atomic E-state index is 11.7. The van der Waals surface area contributed by atoms with Gasteiger partial charge in [0.15, 0.2) is 0 Å². The number of nitrogens with one attached hydrogen (secondary N) is 2. The Hall–Kier alpha value is -0.910. The third-order valence-corrected chi connectivity index (χ3v) is 3.61. The number of carbonyl (C=O) groups excluding carboxylic acids is 1. The number of ether oxygens (including phenoxy) is 1. The molecule has 1 aromatic rings. The molecule has 1 atom stereocenters. The van der Waals surface area contributed by atoms with Crippen LogP contribution in [0.2, 0.25) is 0 Å². The van der Waals surface area contributed by atoms with Crippen molar-refractivity contribution < 1.29 is 9.53 Å². The molecule has 1 saturated heterocycles. The molecule has 19 heavy (non-hydrogen) atoms. The van der Waals surface area contributed by atoms with Crippen molar-refractivity contribution in [2.75, 3.05) is 26.3 Å². The molecule has 4 nitrogen and oxygen atoms in total. The monoisotopic (exact) mass is 326 g/mol. The van der Waals surface area contributed by atoms with Crippen molar-refractivity contribution in [2.24, 2.45) is 0 Å². The normalized spacial score (nSPS) is 19.1. The Kier molecular flexibility index (Phi) is 5.82. The van der Waals surface area contributed by atoms with E-state index in [0.29, 0.717) is 19.6 Å². The minimum Gasteiger partial charge on any atom is -0.378 e. The molecule has 0 aliphatic carbocycles. The highest BCUT2D eigenvalue weighted by molar-refractivity contribution is 9.10. The lowest BCUT2D eigenvalue weighted by molar-refractivity contribution is -0.122. The van der Waals surface area contributed by atoms with Gasteiger partial charge in [0.05, 0.1) is 13.2 Å². The van der Waals surface area contributed by atoms with Gasteiger partial charge in [0, 0.05) is 30.0 Å². The zero-order chi connectivity index (χ0) is 13.5. The Labute approximate surface area is 122 Å². The highest BCUT2D eigenvalue weighted by atomic mass is 79.9. The average Bonchev–Trinajstić information content (AvgIpc) is 2.42. The standard InChI is InChI=1S/C14H19BrN2O2/c15-12-3-1-11(2-4-12)5-6-17-14(18)9-13-10-19-8-7-16-13/h1-4,13,16H,5-10H2,(H,17,18). The Morgan fingerprint density at radius 1 is 1.42 bits per heavy atom. The molecule has 2 rings (SSSR count). The van der Waals surface area contributed by atoms with Gasteiger partial charge in [0.1, 0.15) is 0 Å². The van der Waals surface area contributed by atoms with E-state index < -0.39 is 0 Å². The molecule has 0 bridgehead atoms. The Morgan fingerprint density at radius 3 is 2.89 bits per heavy atom. The minimum absolute atomic E-state index is 0.0834. The van der Waals surface area contributed by atoms with Gasteiger partial charge < -0.3 is 15.4 Å². The molecule has 1 heterocycles. The second-order valence-corrected chi connectivity index (χ2v) is 5.57. The largest absolute Gasteiger partial charge is 0.378 e. The van der Waals surface area contributed by atoms with Gasteiger partial charge in [-0.2, -0.15) is 0 Å². The van der Waals surface area contributed by atoms with Crippen molar-refractivity contribution >= 4 is 21.8 Å². The zero-order valence-corrected chi connectivity index (χ0v) is 12.4. The van der Waals surface area contributed by atoms with E-state index in [1.165, 1.54) is 5.56 Å². The first-order chi connectivity index (χ1) is 9.24. The fraction of sp³-hybridized carbons (Fsp3) is 0.500. The number of amides is 1. The quantitative estimate of drug-likeness (QED) is 0.861. The fourth-order valence-electron chi connectivity index (χ4n) is 2.04. The molecule has 0 aromatic heterocycles. The minimum atomic E-state index is 0.0834. The van der Waals surface area contributed by atoms with Gasteiger partial charge in [-0.1, -0.05) is 28.1 Å². The number of halogens is 1. The van der Waals surface area contributed by atoms with Gasteiger partial charge in [-0.25, -0.2) is 0 Å². The summed E-state index contributed by atoms with van der Waals surface area (Å²) < 4.78 is 6.39. The van der Waals surface area contributed by atoms with Crippen LogP contribution in [-0.2, 0) is 16.0 Å². The molecule has 0 saturated carbocycles. The summed E-state index contributed by atoms with van der Waals surface area (Å²) in [5.41, 5.74) is 1.22. The lowest BCUT2D eigenvalue weighted by Gasteiger charge is -2.23. The third-order valence-electron chi connectivity index (χ3n) is 3.08. The molecular formula is C14H19BrN2O2. The summed E-state index contributed by atoms with van der Waals surface area (Å²) in [5, 5.41) is 6.22. The zero-order valence-electron chi connectivity index (χ0n) is 10.8. The molecule has 0 radical (unpaired) electrons. The van der Waals surface area contributed by atoms with Crippen LogP contribution in [0.1, 0.15) is 12.0 Å². The summed E-state index contributed by atoms with van der Waals surface area (Å²) in [6.45, 7) is 2.87. The van der Waals surface area contributed by atoms with Crippen molar-refractivity contribution in [3.8, 4) is 0 Å². The molecule has 1 aromatic carbocycles. The average molecular weight is 327 g/mol. The van der Waals surface area contributed by atoms with E-state index in [0.717, 1.165) is 24.0 Å². The van der Waals surface area contributed by atoms with Crippen LogP contribution in [-0.4, -0.2) is 38.3 Å². The van der Waals surface area contributed by atoms with Crippen LogP contribution in [0.5, 0.6) is 0 Å². The topological polar surface area (TPSA) is 50.4 Å². The first-order valence-corrected chi connectivity index (χ1v) is 7.35. The molecule has 1 unspecified atom stereocenters. The number of morpholine rings is 1. The van der Waals surface area contributed by atoms with Gasteiger partial charge in [0.2, 0.25) is 5.91 Å². The second kappa shape index (κ2) is 7.62. The van der Waals surface area contributed by atoms with Crippen LogP contribution in [0.25, 0.3) is 0 Å². The molecule has 0 spiro atoms. The smallest absolute Gasteiger partial charge is 0.221 e. The molecule has 1 aliphatic heterocycles. The molecule has 1 amide bonds. The maximum atomic E-state index is 11.7. The predicted octanol–water partition coefficient (Wildman–Crippen LogP) is 1.49. The van der Waals surface area contributed by atoms with E-state index in [1.54, 1.807) is 0 Å². The van der Waals surface area contributed by atoms with Crippen LogP contribution in [0.15, 0.2) is 28.7 Å². The van der Waals surface area contributed by atoms with Gasteiger partial charge in [-0.15, -0.1) is 0 Å². The van der Waals surface area contributed by atoms with Crippen molar-refractivity contribution in [2.45, 2.75) is 18.9 Å². The van der Waals surface area contributed by atoms with Crippen molar-refractivity contribution in [3.05, 3.63) is 34.3 Å². The summed E-state index contributed by atoms with van der Waals surface area (Å²) in [4.78, 5) is 11.7. The van der Waals surface area contributed by atoms with Crippen molar-refractivity contribution in [1.82, 2.24) is 10.6 Å². The molecular weight excluding hydrogens is 308 g/mol. The summed E-state index contributed by atoms with van der Waals surface area (Å²) in [5.74, 6) is 0.0834. The number of hydrogen-bond acceptors (Lipinski definition) is 3. The highest BCUT2D eigenvalue weighted by Gasteiger charge is 2.16. The first-order valence-electron chi connectivity index (χ1n) is 6.56. The van der Waals surface area contributed by atoms with E-state index in [1.807, 2.05) is 12.1 Å². The van der Waals surface area contributed by atoms with Gasteiger partial charge in [-0.05, 0) is 24.1 Å². The van der Waals surface area contributed by atoms with Gasteiger partial charge in [-0.3, -0.25) is 4.79 Å². The van der Waals surface area contributed by atoms with E-state index in [2.05, 4.69) is 38.7 Å². The van der Waals surface area contributed by atoms with Gasteiger partial charge >= 0.3 is 0 Å². The van der Waals surface area contributed by atoms with E-state index in [9.17, 15) is 4.79 Å². The molecule has 104 valence electrons. The third kappa shape index (κ3) is 5.30. The summed E-state index contributed by atoms with van der Waals surface area (Å²) >= 11 is 3.40. The van der Waals surface area contributed by atoms with E-state index in [4.69, 9.17) is 4.74 Å². The molecule has 5 heteroatoms. The summed E-state index contributed by atoms with van der Waals surface area (Å²) in [6, 6.07) is 8.31. The van der Waals surface area contributed by atoms with E-state index in [-0.39, 0.29) is 11.9 Å². The lowest BCUT2D eigenvalue weighted by Crippen LogP contribution is -2.44.